The highest BCUT2D eigenvalue weighted by Crippen LogP contribution is 2.29. The summed E-state index contributed by atoms with van der Waals surface area (Å²) in [4.78, 5) is 21.6. The minimum Gasteiger partial charge on any atom is -0.376 e. The maximum absolute atomic E-state index is 4.60. The van der Waals surface area contributed by atoms with Crippen molar-refractivity contribution in [3.8, 4) is 0 Å². The Kier molecular flexibility index (Phi) is 4.48. The van der Waals surface area contributed by atoms with Gasteiger partial charge >= 0.3 is 0 Å². The average Bonchev–Trinajstić information content (AvgIpc) is 2.55. The summed E-state index contributed by atoms with van der Waals surface area (Å²) in [5.74, 6) is 1.37. The van der Waals surface area contributed by atoms with E-state index in [4.69, 9.17) is 0 Å². The van der Waals surface area contributed by atoms with Crippen LogP contribution in [0.15, 0.2) is 35.3 Å². The van der Waals surface area contributed by atoms with Gasteiger partial charge in [0.2, 0.25) is 5.95 Å². The average molecular weight is 388 g/mol. The number of hydrogen-bond acceptors (Lipinski definition) is 7. The molecule has 8 heteroatoms. The fraction of sp³-hybridized carbons (Fsp3) is 0.250. The summed E-state index contributed by atoms with van der Waals surface area (Å²) in [5.41, 5.74) is 2.61. The van der Waals surface area contributed by atoms with Gasteiger partial charge in [0.15, 0.2) is 0 Å². The fourth-order valence-electron chi connectivity index (χ4n) is 2.26. The molecule has 0 radical (unpaired) electrons. The smallest absolute Gasteiger partial charge is 0.227 e. The number of halogens is 1. The third-order valence-corrected chi connectivity index (χ3v) is 4.08. The lowest BCUT2D eigenvalue weighted by Crippen LogP contribution is -2.11. The number of anilines is 4. The minimum atomic E-state index is 0.511. The van der Waals surface area contributed by atoms with Crippen molar-refractivity contribution < 1.29 is 0 Å². The van der Waals surface area contributed by atoms with Gasteiger partial charge in [-0.1, -0.05) is 0 Å². The highest BCUT2D eigenvalue weighted by molar-refractivity contribution is 9.10. The number of rotatable bonds is 4. The Bertz CT molecular complexity index is 879. The van der Waals surface area contributed by atoms with E-state index >= 15 is 0 Å². The summed E-state index contributed by atoms with van der Waals surface area (Å²) in [6.07, 6.45) is 5.36. The first kappa shape index (κ1) is 16.4. The molecule has 7 nitrogen and oxygen atoms in total. The molecule has 0 bridgehead atoms. The Morgan fingerprint density at radius 3 is 2.50 bits per heavy atom. The van der Waals surface area contributed by atoms with Crippen molar-refractivity contribution >= 4 is 50.0 Å². The molecule has 0 atom stereocenters. The van der Waals surface area contributed by atoms with Gasteiger partial charge in [-0.2, -0.15) is 0 Å². The second kappa shape index (κ2) is 6.56. The van der Waals surface area contributed by atoms with Crippen molar-refractivity contribution in [1.29, 1.82) is 0 Å². The third kappa shape index (κ3) is 3.23. The van der Waals surface area contributed by atoms with Crippen LogP contribution in [0.25, 0.3) is 10.9 Å². The van der Waals surface area contributed by atoms with Crippen LogP contribution in [-0.4, -0.2) is 48.1 Å². The quantitative estimate of drug-likeness (QED) is 0.689. The van der Waals surface area contributed by atoms with Crippen molar-refractivity contribution in [2.45, 2.75) is 0 Å². The Labute approximate surface area is 148 Å². The Morgan fingerprint density at radius 2 is 1.79 bits per heavy atom. The van der Waals surface area contributed by atoms with Gasteiger partial charge in [-0.3, -0.25) is 0 Å². The Morgan fingerprint density at radius 1 is 1.00 bits per heavy atom. The van der Waals surface area contributed by atoms with Gasteiger partial charge in [-0.15, -0.1) is 0 Å². The zero-order chi connectivity index (χ0) is 17.3. The lowest BCUT2D eigenvalue weighted by Gasteiger charge is -2.15. The molecular weight excluding hydrogens is 370 g/mol. The fourth-order valence-corrected chi connectivity index (χ4v) is 2.67. The summed E-state index contributed by atoms with van der Waals surface area (Å²) in [7, 11) is 7.83. The van der Waals surface area contributed by atoms with Crippen LogP contribution >= 0.6 is 15.9 Å². The molecule has 3 rings (SSSR count). The van der Waals surface area contributed by atoms with Gasteiger partial charge in [0.1, 0.15) is 15.9 Å². The first-order valence-corrected chi connectivity index (χ1v) is 8.14. The van der Waals surface area contributed by atoms with Crippen LogP contribution in [0.3, 0.4) is 0 Å². The van der Waals surface area contributed by atoms with Gasteiger partial charge in [-0.25, -0.2) is 19.9 Å². The highest BCUT2D eigenvalue weighted by Gasteiger charge is 2.11. The Hall–Kier alpha value is -2.48. The molecule has 124 valence electrons. The summed E-state index contributed by atoms with van der Waals surface area (Å²) in [5, 5.41) is 4.16. The minimum absolute atomic E-state index is 0.511. The molecule has 24 heavy (non-hydrogen) atoms. The zero-order valence-electron chi connectivity index (χ0n) is 13.9. The predicted molar refractivity (Wildman–Crippen MR) is 101 cm³/mol. The summed E-state index contributed by atoms with van der Waals surface area (Å²) < 4.78 is 0.692. The second-order valence-electron chi connectivity index (χ2n) is 5.71. The topological polar surface area (TPSA) is 70.1 Å². The molecule has 0 saturated carbocycles. The van der Waals surface area contributed by atoms with Crippen molar-refractivity contribution in [2.75, 3.05) is 43.3 Å². The van der Waals surface area contributed by atoms with E-state index < -0.39 is 0 Å². The zero-order valence-corrected chi connectivity index (χ0v) is 15.5. The van der Waals surface area contributed by atoms with Gasteiger partial charge in [0, 0.05) is 57.7 Å². The molecule has 0 aromatic carbocycles. The van der Waals surface area contributed by atoms with Gasteiger partial charge in [0.05, 0.1) is 11.9 Å². The molecule has 3 heterocycles. The molecule has 0 fully saturated rings. The van der Waals surface area contributed by atoms with E-state index in [0.717, 1.165) is 28.1 Å². The molecule has 0 aliphatic rings. The lowest BCUT2D eigenvalue weighted by atomic mass is 10.2. The van der Waals surface area contributed by atoms with Crippen molar-refractivity contribution in [3.05, 3.63) is 35.3 Å². The van der Waals surface area contributed by atoms with Gasteiger partial charge in [-0.05, 0) is 22.0 Å². The number of fused-ring (bicyclic) bond motifs is 1. The van der Waals surface area contributed by atoms with E-state index in [1.807, 2.05) is 50.1 Å². The van der Waals surface area contributed by atoms with Crippen LogP contribution in [0.5, 0.6) is 0 Å². The molecule has 3 aromatic rings. The van der Waals surface area contributed by atoms with E-state index in [1.165, 1.54) is 0 Å². The summed E-state index contributed by atoms with van der Waals surface area (Å²) in [6.45, 7) is 0. The largest absolute Gasteiger partial charge is 0.376 e. The van der Waals surface area contributed by atoms with Crippen LogP contribution in [0.1, 0.15) is 0 Å². The van der Waals surface area contributed by atoms with E-state index in [1.54, 1.807) is 18.6 Å². The van der Waals surface area contributed by atoms with Gasteiger partial charge in [0.25, 0.3) is 0 Å². The highest BCUT2D eigenvalue weighted by atomic mass is 79.9. The lowest BCUT2D eigenvalue weighted by molar-refractivity contribution is 1.07. The maximum Gasteiger partial charge on any atom is 0.227 e. The molecule has 0 aliphatic heterocycles. The molecule has 0 amide bonds. The third-order valence-electron chi connectivity index (χ3n) is 3.50. The molecule has 3 aromatic heterocycles. The number of hydrogen-bond donors (Lipinski definition) is 1. The number of pyridine rings is 2. The van der Waals surface area contributed by atoms with Gasteiger partial charge < -0.3 is 15.1 Å². The normalized spacial score (nSPS) is 10.7. The van der Waals surface area contributed by atoms with Crippen molar-refractivity contribution in [3.63, 3.8) is 0 Å². The summed E-state index contributed by atoms with van der Waals surface area (Å²) >= 11 is 3.47. The van der Waals surface area contributed by atoms with Crippen LogP contribution < -0.4 is 15.1 Å². The monoisotopic (exact) mass is 387 g/mol. The first-order valence-electron chi connectivity index (χ1n) is 7.34. The molecule has 1 N–H and O–H groups in total. The molecular formula is C16H18BrN7. The predicted octanol–water partition coefficient (Wildman–Crippen LogP) is 3.06. The number of nitrogens with one attached hydrogen (secondary N) is 1. The standard InChI is InChI=1S/C16H18BrN7/c1-23(2)12-9-19-15(17)14-11(12)8-20-16(22-14)21-10-5-6-18-13(7-10)24(3)4/h5-9H,1-4H3,(H,18,20,21,22). The van der Waals surface area contributed by atoms with Crippen molar-refractivity contribution in [2.24, 2.45) is 0 Å². The maximum atomic E-state index is 4.60. The van der Waals surface area contributed by atoms with Crippen LogP contribution in [0.2, 0.25) is 0 Å². The SMILES string of the molecule is CN(C)c1cc(Nc2ncc3c(N(C)C)cnc(Br)c3n2)ccn1. The Balaban J connectivity index is 1.99. The number of aromatic nitrogens is 4. The summed E-state index contributed by atoms with van der Waals surface area (Å²) in [6, 6.07) is 3.82. The molecule has 0 aliphatic carbocycles. The second-order valence-corrected chi connectivity index (χ2v) is 6.46. The number of nitrogens with zero attached hydrogens (tertiary/aromatic N) is 6. The van der Waals surface area contributed by atoms with E-state index in [9.17, 15) is 0 Å². The van der Waals surface area contributed by atoms with Crippen LogP contribution in [-0.2, 0) is 0 Å². The molecule has 0 unspecified atom stereocenters. The molecule has 0 spiro atoms. The van der Waals surface area contributed by atoms with Crippen LogP contribution in [0, 0.1) is 0 Å². The van der Waals surface area contributed by atoms with E-state index in [0.29, 0.717) is 10.6 Å². The van der Waals surface area contributed by atoms with E-state index in [-0.39, 0.29) is 0 Å². The molecule has 0 saturated heterocycles. The van der Waals surface area contributed by atoms with Crippen molar-refractivity contribution in [1.82, 2.24) is 19.9 Å². The first-order chi connectivity index (χ1) is 11.5. The van der Waals surface area contributed by atoms with Crippen LogP contribution in [0.4, 0.5) is 23.1 Å². The van der Waals surface area contributed by atoms with E-state index in [2.05, 4.69) is 41.2 Å².